The standard InChI is InChI=1S/C28H32N2O5S/c1-3-33-14-7-13-29(28(32)23-10-11-24-25(16-23)35-20-34-24)19-27(31)30(17-22-8-5-4-6-9-22)18-26-21(2)12-15-36-26/h4-6,8-12,15-16H,3,7,13-14,17-20H2,1-2H3. The molecule has 36 heavy (non-hydrogen) atoms. The molecule has 1 aliphatic rings. The second-order valence-corrected chi connectivity index (χ2v) is 9.61. The lowest BCUT2D eigenvalue weighted by Crippen LogP contribution is -2.43. The normalized spacial score (nSPS) is 11.9. The molecule has 2 amide bonds. The molecule has 0 radical (unpaired) electrons. The Bertz CT molecular complexity index is 1160. The SMILES string of the molecule is CCOCCCN(CC(=O)N(Cc1ccccc1)Cc1sccc1C)C(=O)c1ccc2c(c1)OCO2. The number of carbonyl (C=O) groups is 2. The van der Waals surface area contributed by atoms with Crippen LogP contribution in [0.15, 0.2) is 60.0 Å². The lowest BCUT2D eigenvalue weighted by molar-refractivity contribution is -0.133. The monoisotopic (exact) mass is 508 g/mol. The highest BCUT2D eigenvalue weighted by molar-refractivity contribution is 7.10. The van der Waals surface area contributed by atoms with Gasteiger partial charge in [-0.15, -0.1) is 11.3 Å². The van der Waals surface area contributed by atoms with E-state index >= 15 is 0 Å². The van der Waals surface area contributed by atoms with Gasteiger partial charge >= 0.3 is 0 Å². The Morgan fingerprint density at radius 3 is 2.56 bits per heavy atom. The maximum atomic E-state index is 13.7. The summed E-state index contributed by atoms with van der Waals surface area (Å²) in [5.74, 6) is 0.841. The maximum Gasteiger partial charge on any atom is 0.254 e. The number of amides is 2. The molecule has 4 rings (SSSR count). The first kappa shape index (κ1) is 25.7. The molecule has 0 atom stereocenters. The van der Waals surface area contributed by atoms with Crippen LogP contribution in [0.3, 0.4) is 0 Å². The summed E-state index contributed by atoms with van der Waals surface area (Å²) in [5, 5.41) is 2.04. The fourth-order valence-corrected chi connectivity index (χ4v) is 4.93. The van der Waals surface area contributed by atoms with E-state index in [9.17, 15) is 9.59 Å². The minimum Gasteiger partial charge on any atom is -0.454 e. The molecule has 2 aromatic carbocycles. The van der Waals surface area contributed by atoms with Crippen molar-refractivity contribution in [1.29, 1.82) is 0 Å². The van der Waals surface area contributed by atoms with Gasteiger partial charge in [0, 0.05) is 36.7 Å². The summed E-state index contributed by atoms with van der Waals surface area (Å²) in [4.78, 5) is 31.8. The molecule has 8 heteroatoms. The van der Waals surface area contributed by atoms with Crippen LogP contribution in [0.5, 0.6) is 11.5 Å². The summed E-state index contributed by atoms with van der Waals surface area (Å²) in [5.41, 5.74) is 2.67. The number of thiophene rings is 1. The summed E-state index contributed by atoms with van der Waals surface area (Å²) in [6, 6.07) is 17.1. The van der Waals surface area contributed by atoms with Crippen LogP contribution in [-0.4, -0.2) is 54.7 Å². The maximum absolute atomic E-state index is 13.7. The molecule has 2 heterocycles. The van der Waals surface area contributed by atoms with Gasteiger partial charge in [-0.3, -0.25) is 9.59 Å². The second-order valence-electron chi connectivity index (χ2n) is 8.61. The fourth-order valence-electron chi connectivity index (χ4n) is 4.01. The number of hydrogen-bond acceptors (Lipinski definition) is 6. The largest absolute Gasteiger partial charge is 0.454 e. The Hall–Kier alpha value is -3.36. The van der Waals surface area contributed by atoms with E-state index in [0.717, 1.165) is 16.0 Å². The van der Waals surface area contributed by atoms with Crippen LogP contribution in [0.25, 0.3) is 0 Å². The van der Waals surface area contributed by atoms with Gasteiger partial charge in [0.25, 0.3) is 5.91 Å². The molecule has 0 saturated heterocycles. The molecule has 0 saturated carbocycles. The Labute approximate surface area is 216 Å². The summed E-state index contributed by atoms with van der Waals surface area (Å²) in [6.07, 6.45) is 0.639. The fraction of sp³-hybridized carbons (Fsp3) is 0.357. The zero-order valence-electron chi connectivity index (χ0n) is 20.8. The van der Waals surface area contributed by atoms with Gasteiger partial charge in [-0.25, -0.2) is 0 Å². The summed E-state index contributed by atoms with van der Waals surface area (Å²) in [6.45, 7) is 6.64. The van der Waals surface area contributed by atoms with Crippen molar-refractivity contribution in [1.82, 2.24) is 9.80 Å². The molecule has 7 nitrogen and oxygen atoms in total. The van der Waals surface area contributed by atoms with Crippen molar-refractivity contribution in [2.75, 3.05) is 33.1 Å². The third-order valence-electron chi connectivity index (χ3n) is 6.03. The highest BCUT2D eigenvalue weighted by atomic mass is 32.1. The Kier molecular flexibility index (Phi) is 8.97. The molecular weight excluding hydrogens is 476 g/mol. The van der Waals surface area contributed by atoms with Crippen molar-refractivity contribution in [2.24, 2.45) is 0 Å². The van der Waals surface area contributed by atoms with E-state index in [1.54, 1.807) is 34.4 Å². The molecule has 0 N–H and O–H groups in total. The lowest BCUT2D eigenvalue weighted by Gasteiger charge is -2.28. The van der Waals surface area contributed by atoms with Crippen molar-refractivity contribution in [3.8, 4) is 11.5 Å². The highest BCUT2D eigenvalue weighted by Gasteiger charge is 2.25. The minimum absolute atomic E-state index is 0.0172. The first-order valence-corrected chi connectivity index (χ1v) is 13.0. The second kappa shape index (κ2) is 12.6. The van der Waals surface area contributed by atoms with Crippen LogP contribution in [0.4, 0.5) is 0 Å². The van der Waals surface area contributed by atoms with E-state index in [0.29, 0.717) is 56.3 Å². The van der Waals surface area contributed by atoms with Gasteiger partial charge in [-0.1, -0.05) is 30.3 Å². The number of carbonyl (C=O) groups excluding carboxylic acids is 2. The van der Waals surface area contributed by atoms with Gasteiger partial charge in [0.2, 0.25) is 12.7 Å². The smallest absolute Gasteiger partial charge is 0.254 e. The number of hydrogen-bond donors (Lipinski definition) is 0. The van der Waals surface area contributed by atoms with Gasteiger partial charge in [-0.2, -0.15) is 0 Å². The average molecular weight is 509 g/mol. The van der Waals surface area contributed by atoms with Crippen LogP contribution in [-0.2, 0) is 22.6 Å². The molecule has 0 unspecified atom stereocenters. The van der Waals surface area contributed by atoms with Crippen LogP contribution in [0.2, 0.25) is 0 Å². The van der Waals surface area contributed by atoms with Gasteiger partial charge in [0.15, 0.2) is 11.5 Å². The molecule has 3 aromatic rings. The van der Waals surface area contributed by atoms with Crippen molar-refractivity contribution in [3.63, 3.8) is 0 Å². The lowest BCUT2D eigenvalue weighted by atomic mass is 10.1. The number of nitrogens with zero attached hydrogens (tertiary/aromatic N) is 2. The summed E-state index contributed by atoms with van der Waals surface area (Å²) >= 11 is 1.64. The summed E-state index contributed by atoms with van der Waals surface area (Å²) < 4.78 is 16.3. The molecule has 0 aliphatic carbocycles. The van der Waals surface area contributed by atoms with E-state index in [-0.39, 0.29) is 25.2 Å². The van der Waals surface area contributed by atoms with Gasteiger partial charge in [0.1, 0.15) is 6.54 Å². The van der Waals surface area contributed by atoms with Gasteiger partial charge in [0.05, 0.1) is 6.54 Å². The number of rotatable bonds is 12. The number of ether oxygens (including phenoxy) is 3. The first-order valence-electron chi connectivity index (χ1n) is 12.2. The minimum atomic E-state index is -0.217. The highest BCUT2D eigenvalue weighted by Crippen LogP contribution is 2.33. The Balaban J connectivity index is 1.53. The molecule has 0 spiro atoms. The molecular formula is C28H32N2O5S. The average Bonchev–Trinajstić information content (AvgIpc) is 3.53. The number of aryl methyl sites for hydroxylation is 1. The predicted molar refractivity (Wildman–Crippen MR) is 139 cm³/mol. The third kappa shape index (κ3) is 6.65. The zero-order valence-corrected chi connectivity index (χ0v) is 21.6. The predicted octanol–water partition coefficient (Wildman–Crippen LogP) is 4.88. The molecule has 0 bridgehead atoms. The van der Waals surface area contributed by atoms with Crippen molar-refractivity contribution >= 4 is 23.2 Å². The van der Waals surface area contributed by atoms with Crippen molar-refractivity contribution in [2.45, 2.75) is 33.4 Å². The van der Waals surface area contributed by atoms with E-state index < -0.39 is 0 Å². The number of fused-ring (bicyclic) bond motifs is 1. The zero-order chi connectivity index (χ0) is 25.3. The Morgan fingerprint density at radius 2 is 1.81 bits per heavy atom. The molecule has 0 fully saturated rings. The molecule has 190 valence electrons. The van der Waals surface area contributed by atoms with E-state index in [4.69, 9.17) is 14.2 Å². The van der Waals surface area contributed by atoms with E-state index in [1.807, 2.05) is 47.5 Å². The van der Waals surface area contributed by atoms with E-state index in [2.05, 4.69) is 13.0 Å². The third-order valence-corrected chi connectivity index (χ3v) is 7.03. The summed E-state index contributed by atoms with van der Waals surface area (Å²) in [7, 11) is 0. The topological polar surface area (TPSA) is 68.3 Å². The van der Waals surface area contributed by atoms with Crippen LogP contribution in [0.1, 0.15) is 39.7 Å². The molecule has 1 aliphatic heterocycles. The van der Waals surface area contributed by atoms with Crippen LogP contribution < -0.4 is 9.47 Å². The van der Waals surface area contributed by atoms with Crippen molar-refractivity contribution in [3.05, 3.63) is 81.5 Å². The van der Waals surface area contributed by atoms with Crippen LogP contribution in [0, 0.1) is 6.92 Å². The quantitative estimate of drug-likeness (QED) is 0.326. The van der Waals surface area contributed by atoms with Gasteiger partial charge < -0.3 is 24.0 Å². The molecule has 1 aromatic heterocycles. The van der Waals surface area contributed by atoms with E-state index in [1.165, 1.54) is 0 Å². The number of benzene rings is 2. The van der Waals surface area contributed by atoms with Crippen LogP contribution >= 0.6 is 11.3 Å². The van der Waals surface area contributed by atoms with Gasteiger partial charge in [-0.05, 0) is 61.0 Å². The van der Waals surface area contributed by atoms with Crippen molar-refractivity contribution < 1.29 is 23.8 Å². The Morgan fingerprint density at radius 1 is 1.00 bits per heavy atom. The first-order chi connectivity index (χ1) is 17.5.